The van der Waals surface area contributed by atoms with E-state index in [1.54, 1.807) is 0 Å². The highest BCUT2D eigenvalue weighted by molar-refractivity contribution is 5.71. The van der Waals surface area contributed by atoms with Crippen LogP contribution in [0.4, 0.5) is 5.69 Å². The zero-order chi connectivity index (χ0) is 14.5. The Morgan fingerprint density at radius 3 is 2.10 bits per heavy atom. The number of hydrogen-bond acceptors (Lipinski definition) is 2. The Morgan fingerprint density at radius 2 is 1.55 bits per heavy atom. The van der Waals surface area contributed by atoms with E-state index in [0.29, 0.717) is 0 Å². The van der Waals surface area contributed by atoms with Crippen molar-refractivity contribution >= 4 is 17.8 Å². The van der Waals surface area contributed by atoms with Gasteiger partial charge in [-0.25, -0.2) is 0 Å². The zero-order valence-electron chi connectivity index (χ0n) is 12.1. The van der Waals surface area contributed by atoms with Crippen molar-refractivity contribution in [2.24, 2.45) is 0 Å². The minimum atomic E-state index is 0.734. The molecule has 0 spiro atoms. The van der Waals surface area contributed by atoms with E-state index in [-0.39, 0.29) is 0 Å². The topological polar surface area (TPSA) is 27.0 Å². The third kappa shape index (κ3) is 3.27. The lowest BCUT2D eigenvalue weighted by atomic mass is 10.0. The van der Waals surface area contributed by atoms with E-state index in [1.807, 2.05) is 39.2 Å². The number of aryl methyl sites for hydroxylation is 1. The molecule has 0 N–H and O–H groups in total. The van der Waals surface area contributed by atoms with Gasteiger partial charge in [-0.05, 0) is 41.8 Å². The van der Waals surface area contributed by atoms with Crippen LogP contribution >= 0.6 is 0 Å². The number of nitrogens with zero attached hydrogens (tertiary/aromatic N) is 2. The third-order valence-electron chi connectivity index (χ3n) is 3.25. The summed E-state index contributed by atoms with van der Waals surface area (Å²) in [5.74, 6) is 0. The highest BCUT2D eigenvalue weighted by Gasteiger charge is 1.97. The van der Waals surface area contributed by atoms with Crippen LogP contribution in [0.5, 0.6) is 0 Å². The van der Waals surface area contributed by atoms with Crippen molar-refractivity contribution in [3.05, 3.63) is 64.7 Å². The SMILES string of the molecule is Cc1cc(/C=C/c2ccc(N(C)C)cc2)ccc1C#N. The molecule has 2 aromatic rings. The summed E-state index contributed by atoms with van der Waals surface area (Å²) >= 11 is 0. The maximum atomic E-state index is 8.92. The first-order chi connectivity index (χ1) is 9.60. The first-order valence-corrected chi connectivity index (χ1v) is 6.56. The molecular formula is C18H18N2. The van der Waals surface area contributed by atoms with Gasteiger partial charge in [0, 0.05) is 19.8 Å². The average molecular weight is 262 g/mol. The monoisotopic (exact) mass is 262 g/mol. The molecule has 0 heterocycles. The van der Waals surface area contributed by atoms with E-state index in [4.69, 9.17) is 5.26 Å². The van der Waals surface area contributed by atoms with Gasteiger partial charge in [-0.1, -0.05) is 36.4 Å². The van der Waals surface area contributed by atoms with Crippen molar-refractivity contribution in [3.63, 3.8) is 0 Å². The Kier molecular flexibility index (Phi) is 4.22. The van der Waals surface area contributed by atoms with Gasteiger partial charge in [0.25, 0.3) is 0 Å². The molecule has 0 saturated carbocycles. The van der Waals surface area contributed by atoms with E-state index in [1.165, 1.54) is 5.69 Å². The molecule has 0 radical (unpaired) electrons. The summed E-state index contributed by atoms with van der Waals surface area (Å²) < 4.78 is 0. The lowest BCUT2D eigenvalue weighted by Crippen LogP contribution is -2.07. The predicted octanol–water partition coefficient (Wildman–Crippen LogP) is 4.10. The summed E-state index contributed by atoms with van der Waals surface area (Å²) in [6.07, 6.45) is 4.15. The van der Waals surface area contributed by atoms with Crippen LogP contribution in [0.25, 0.3) is 12.2 Å². The summed E-state index contributed by atoms with van der Waals surface area (Å²) in [7, 11) is 4.06. The van der Waals surface area contributed by atoms with Crippen LogP contribution in [0, 0.1) is 18.3 Å². The fraction of sp³-hybridized carbons (Fsp3) is 0.167. The molecule has 2 aromatic carbocycles. The third-order valence-corrected chi connectivity index (χ3v) is 3.25. The lowest BCUT2D eigenvalue weighted by molar-refractivity contribution is 1.13. The van der Waals surface area contributed by atoms with Crippen molar-refractivity contribution in [3.8, 4) is 6.07 Å². The molecule has 0 aliphatic rings. The Labute approximate surface area is 120 Å². The van der Waals surface area contributed by atoms with Crippen LogP contribution in [0.1, 0.15) is 22.3 Å². The van der Waals surface area contributed by atoms with Gasteiger partial charge in [-0.2, -0.15) is 5.26 Å². The molecule has 2 nitrogen and oxygen atoms in total. The van der Waals surface area contributed by atoms with E-state index in [9.17, 15) is 0 Å². The van der Waals surface area contributed by atoms with Crippen molar-refractivity contribution < 1.29 is 0 Å². The maximum Gasteiger partial charge on any atom is 0.0994 e. The van der Waals surface area contributed by atoms with Crippen molar-refractivity contribution in [1.82, 2.24) is 0 Å². The van der Waals surface area contributed by atoms with E-state index in [0.717, 1.165) is 22.3 Å². The van der Waals surface area contributed by atoms with Gasteiger partial charge in [0.2, 0.25) is 0 Å². The molecule has 0 amide bonds. The highest BCUT2D eigenvalue weighted by atomic mass is 15.1. The van der Waals surface area contributed by atoms with Crippen LogP contribution in [0.15, 0.2) is 42.5 Å². The zero-order valence-corrected chi connectivity index (χ0v) is 12.1. The smallest absolute Gasteiger partial charge is 0.0994 e. The first kappa shape index (κ1) is 13.9. The van der Waals surface area contributed by atoms with Gasteiger partial charge in [0.05, 0.1) is 11.6 Å². The number of anilines is 1. The molecule has 0 unspecified atom stereocenters. The molecule has 0 saturated heterocycles. The normalized spacial score (nSPS) is 10.5. The van der Waals surface area contributed by atoms with Crippen molar-refractivity contribution in [1.29, 1.82) is 5.26 Å². The molecule has 20 heavy (non-hydrogen) atoms. The van der Waals surface area contributed by atoms with Gasteiger partial charge in [0.1, 0.15) is 0 Å². The maximum absolute atomic E-state index is 8.92. The predicted molar refractivity (Wildman–Crippen MR) is 85.6 cm³/mol. The minimum Gasteiger partial charge on any atom is -0.378 e. The Bertz CT molecular complexity index is 659. The summed E-state index contributed by atoms with van der Waals surface area (Å²) in [6, 6.07) is 16.4. The molecular weight excluding hydrogens is 244 g/mol. The number of benzene rings is 2. The van der Waals surface area contributed by atoms with Gasteiger partial charge in [-0.3, -0.25) is 0 Å². The second-order valence-electron chi connectivity index (χ2n) is 5.01. The van der Waals surface area contributed by atoms with Crippen LogP contribution in [0.3, 0.4) is 0 Å². The van der Waals surface area contributed by atoms with Crippen LogP contribution in [0.2, 0.25) is 0 Å². The molecule has 100 valence electrons. The minimum absolute atomic E-state index is 0.734. The van der Waals surface area contributed by atoms with E-state index < -0.39 is 0 Å². The molecule has 0 atom stereocenters. The Balaban J connectivity index is 2.17. The fourth-order valence-corrected chi connectivity index (χ4v) is 1.99. The molecule has 2 rings (SSSR count). The number of hydrogen-bond donors (Lipinski definition) is 0. The van der Waals surface area contributed by atoms with E-state index >= 15 is 0 Å². The summed E-state index contributed by atoms with van der Waals surface area (Å²) in [4.78, 5) is 2.08. The van der Waals surface area contributed by atoms with Crippen molar-refractivity contribution in [2.75, 3.05) is 19.0 Å². The Morgan fingerprint density at radius 1 is 0.950 bits per heavy atom. The fourth-order valence-electron chi connectivity index (χ4n) is 1.99. The van der Waals surface area contributed by atoms with Crippen molar-refractivity contribution in [2.45, 2.75) is 6.92 Å². The first-order valence-electron chi connectivity index (χ1n) is 6.56. The molecule has 0 aliphatic carbocycles. The summed E-state index contributed by atoms with van der Waals surface area (Å²) in [6.45, 7) is 1.96. The second-order valence-corrected chi connectivity index (χ2v) is 5.01. The van der Waals surface area contributed by atoms with Gasteiger partial charge in [0.15, 0.2) is 0 Å². The van der Waals surface area contributed by atoms with Gasteiger partial charge >= 0.3 is 0 Å². The standard InChI is InChI=1S/C18H18N2/c1-14-12-16(6-9-17(14)13-19)5-4-15-7-10-18(11-8-15)20(2)3/h4-12H,1-3H3/b5-4+. The quantitative estimate of drug-likeness (QED) is 0.778. The molecule has 0 fully saturated rings. The number of rotatable bonds is 3. The van der Waals surface area contributed by atoms with Crippen LogP contribution < -0.4 is 4.90 Å². The lowest BCUT2D eigenvalue weighted by Gasteiger charge is -2.11. The average Bonchev–Trinajstić information content (AvgIpc) is 2.45. The van der Waals surface area contributed by atoms with Crippen LogP contribution in [-0.4, -0.2) is 14.1 Å². The molecule has 0 bridgehead atoms. The van der Waals surface area contributed by atoms with Gasteiger partial charge in [-0.15, -0.1) is 0 Å². The second kappa shape index (κ2) is 6.08. The molecule has 0 aromatic heterocycles. The summed E-state index contributed by atoms with van der Waals surface area (Å²) in [5, 5.41) is 8.92. The van der Waals surface area contributed by atoms with Gasteiger partial charge < -0.3 is 4.90 Å². The van der Waals surface area contributed by atoms with Crippen LogP contribution in [-0.2, 0) is 0 Å². The molecule has 0 aliphatic heterocycles. The summed E-state index contributed by atoms with van der Waals surface area (Å²) in [5.41, 5.74) is 5.21. The number of nitriles is 1. The highest BCUT2D eigenvalue weighted by Crippen LogP contribution is 2.16. The largest absolute Gasteiger partial charge is 0.378 e. The molecule has 2 heteroatoms. The van der Waals surface area contributed by atoms with E-state index in [2.05, 4.69) is 47.4 Å². The Hall–Kier alpha value is -2.53.